The normalized spacial score (nSPS) is 12.6. The topological polar surface area (TPSA) is 64.4 Å². The van der Waals surface area contributed by atoms with Gasteiger partial charge in [0.1, 0.15) is 0 Å². The molecule has 0 saturated carbocycles. The van der Waals surface area contributed by atoms with E-state index in [1.54, 1.807) is 12.4 Å². The second kappa shape index (κ2) is 5.20. The van der Waals surface area contributed by atoms with Crippen molar-refractivity contribution in [1.82, 2.24) is 0 Å². The number of benzene rings is 1. The summed E-state index contributed by atoms with van der Waals surface area (Å²) in [5.74, 6) is 0. The molecule has 0 aromatic heterocycles. The molecule has 0 aliphatic carbocycles. The van der Waals surface area contributed by atoms with E-state index in [0.29, 0.717) is 0 Å². The van der Waals surface area contributed by atoms with Crippen LogP contribution in [0.15, 0.2) is 35.5 Å². The Labute approximate surface area is 90.5 Å². The van der Waals surface area contributed by atoms with Gasteiger partial charge in [-0.1, -0.05) is 12.1 Å². The van der Waals surface area contributed by atoms with Gasteiger partial charge in [0, 0.05) is 29.7 Å². The van der Waals surface area contributed by atoms with Gasteiger partial charge in [0.2, 0.25) is 0 Å². The van der Waals surface area contributed by atoms with E-state index in [0.717, 1.165) is 16.8 Å². The van der Waals surface area contributed by atoms with Crippen molar-refractivity contribution in [2.24, 2.45) is 10.7 Å². The summed E-state index contributed by atoms with van der Waals surface area (Å²) < 4.78 is 0. The zero-order valence-corrected chi connectivity index (χ0v) is 9.14. The summed E-state index contributed by atoms with van der Waals surface area (Å²) in [5, 5.41) is 0. The maximum atomic E-state index is 5.69. The van der Waals surface area contributed by atoms with Crippen molar-refractivity contribution in [3.63, 3.8) is 0 Å². The number of aliphatic imine (C=N–C) groups is 1. The zero-order valence-electron chi connectivity index (χ0n) is 9.14. The Morgan fingerprint density at radius 2 is 2.13 bits per heavy atom. The number of hydrogen-bond acceptors (Lipinski definition) is 3. The molecule has 0 bridgehead atoms. The molecule has 4 N–H and O–H groups in total. The number of nitrogens with two attached hydrogens (primary N) is 2. The molecule has 0 amide bonds. The maximum absolute atomic E-state index is 5.69. The largest absolute Gasteiger partial charge is 0.404 e. The summed E-state index contributed by atoms with van der Waals surface area (Å²) in [6, 6.07) is 7.85. The van der Waals surface area contributed by atoms with Crippen molar-refractivity contribution in [2.45, 2.75) is 19.9 Å². The Kier molecular flexibility index (Phi) is 3.92. The van der Waals surface area contributed by atoms with Gasteiger partial charge in [-0.05, 0) is 31.5 Å². The lowest BCUT2D eigenvalue weighted by atomic mass is 10.1. The molecule has 1 aromatic rings. The van der Waals surface area contributed by atoms with Crippen LogP contribution in [0.1, 0.15) is 19.4 Å². The first-order valence-corrected chi connectivity index (χ1v) is 4.94. The van der Waals surface area contributed by atoms with Crippen molar-refractivity contribution >= 4 is 17.5 Å². The monoisotopic (exact) mass is 203 g/mol. The summed E-state index contributed by atoms with van der Waals surface area (Å²) in [4.78, 5) is 4.29. The second-order valence-electron chi connectivity index (χ2n) is 3.62. The van der Waals surface area contributed by atoms with Crippen molar-refractivity contribution in [1.29, 1.82) is 0 Å². The van der Waals surface area contributed by atoms with E-state index in [4.69, 9.17) is 11.5 Å². The number of rotatable bonds is 3. The molecule has 1 rings (SSSR count). The van der Waals surface area contributed by atoms with Crippen molar-refractivity contribution in [2.75, 3.05) is 5.73 Å². The highest BCUT2D eigenvalue weighted by Gasteiger charge is 1.98. The van der Waals surface area contributed by atoms with Crippen molar-refractivity contribution in [3.05, 3.63) is 36.0 Å². The average Bonchev–Trinajstić information content (AvgIpc) is 2.18. The number of hydrogen-bond donors (Lipinski definition) is 2. The number of anilines is 1. The Bertz CT molecular complexity index is 378. The molecule has 0 spiro atoms. The Morgan fingerprint density at radius 1 is 1.40 bits per heavy atom. The fourth-order valence-corrected chi connectivity index (χ4v) is 1.16. The standard InChI is InChI=1S/C12H17N3/c1-9(2)15-8-11(7-13)10-4-3-5-12(14)6-10/h3-9H,13-14H2,1-2H3/b11-7+,15-8?. The Balaban J connectivity index is 2.94. The lowest BCUT2D eigenvalue weighted by molar-refractivity contribution is 0.842. The van der Waals surface area contributed by atoms with Crippen LogP contribution in [-0.2, 0) is 0 Å². The van der Waals surface area contributed by atoms with Gasteiger partial charge >= 0.3 is 0 Å². The molecule has 0 atom stereocenters. The molecule has 3 heteroatoms. The molecule has 0 heterocycles. The van der Waals surface area contributed by atoms with E-state index >= 15 is 0 Å². The molecular weight excluding hydrogens is 186 g/mol. The Morgan fingerprint density at radius 3 is 2.67 bits per heavy atom. The highest BCUT2D eigenvalue weighted by molar-refractivity contribution is 6.09. The predicted octanol–water partition coefficient (Wildman–Crippen LogP) is 2.05. The van der Waals surface area contributed by atoms with Crippen molar-refractivity contribution < 1.29 is 0 Å². The molecule has 0 aliphatic rings. The molecule has 15 heavy (non-hydrogen) atoms. The van der Waals surface area contributed by atoms with Crippen LogP contribution in [0.25, 0.3) is 5.57 Å². The molecule has 3 nitrogen and oxygen atoms in total. The molecule has 0 radical (unpaired) electrons. The molecule has 0 fully saturated rings. The van der Waals surface area contributed by atoms with Crippen LogP contribution in [-0.4, -0.2) is 12.3 Å². The average molecular weight is 203 g/mol. The van der Waals surface area contributed by atoms with Gasteiger partial charge in [0.15, 0.2) is 0 Å². The molecule has 80 valence electrons. The van der Waals surface area contributed by atoms with Gasteiger partial charge in [-0.3, -0.25) is 4.99 Å². The van der Waals surface area contributed by atoms with Crippen LogP contribution in [0.2, 0.25) is 0 Å². The predicted molar refractivity (Wildman–Crippen MR) is 66.6 cm³/mol. The lowest BCUT2D eigenvalue weighted by Crippen LogP contribution is -1.96. The molecular formula is C12H17N3. The third-order valence-electron chi connectivity index (χ3n) is 1.91. The second-order valence-corrected chi connectivity index (χ2v) is 3.62. The smallest absolute Gasteiger partial charge is 0.0443 e. The van der Waals surface area contributed by atoms with Gasteiger partial charge in [-0.15, -0.1) is 0 Å². The summed E-state index contributed by atoms with van der Waals surface area (Å²) in [5.41, 5.74) is 13.8. The van der Waals surface area contributed by atoms with Crippen LogP contribution in [0.5, 0.6) is 0 Å². The van der Waals surface area contributed by atoms with Gasteiger partial charge in [-0.2, -0.15) is 0 Å². The van der Waals surface area contributed by atoms with E-state index in [1.807, 2.05) is 38.1 Å². The SMILES string of the molecule is CC(C)N=C/C(=C\N)c1cccc(N)c1. The van der Waals surface area contributed by atoms with Gasteiger partial charge in [-0.25, -0.2) is 0 Å². The quantitative estimate of drug-likeness (QED) is 0.583. The molecule has 0 unspecified atom stereocenters. The fraction of sp³-hybridized carbons (Fsp3) is 0.250. The Hall–Kier alpha value is -1.77. The highest BCUT2D eigenvalue weighted by atomic mass is 14.7. The number of allylic oxidation sites excluding steroid dienone is 1. The molecule has 0 saturated heterocycles. The van der Waals surface area contributed by atoms with Gasteiger partial charge in [0.05, 0.1) is 0 Å². The highest BCUT2D eigenvalue weighted by Crippen LogP contribution is 2.14. The summed E-state index contributed by atoms with van der Waals surface area (Å²) >= 11 is 0. The minimum atomic E-state index is 0.265. The minimum Gasteiger partial charge on any atom is -0.404 e. The minimum absolute atomic E-state index is 0.265. The van der Waals surface area contributed by atoms with Gasteiger partial charge < -0.3 is 11.5 Å². The van der Waals surface area contributed by atoms with Gasteiger partial charge in [0.25, 0.3) is 0 Å². The first-order chi connectivity index (χ1) is 7.13. The van der Waals surface area contributed by atoms with Crippen LogP contribution in [0.3, 0.4) is 0 Å². The third kappa shape index (κ3) is 3.46. The van der Waals surface area contributed by atoms with Crippen molar-refractivity contribution in [3.8, 4) is 0 Å². The van der Waals surface area contributed by atoms with E-state index in [1.165, 1.54) is 0 Å². The van der Waals surface area contributed by atoms with Crippen LogP contribution in [0.4, 0.5) is 5.69 Å². The van der Waals surface area contributed by atoms with Crippen LogP contribution >= 0.6 is 0 Å². The maximum Gasteiger partial charge on any atom is 0.0443 e. The summed E-state index contributed by atoms with van der Waals surface area (Å²) in [6.45, 7) is 4.04. The molecule has 0 aliphatic heterocycles. The first-order valence-electron chi connectivity index (χ1n) is 4.94. The van der Waals surface area contributed by atoms with Crippen LogP contribution < -0.4 is 11.5 Å². The van der Waals surface area contributed by atoms with Crippen LogP contribution in [0, 0.1) is 0 Å². The number of nitrogen functional groups attached to an aromatic ring is 1. The van der Waals surface area contributed by atoms with E-state index in [2.05, 4.69) is 4.99 Å². The lowest BCUT2D eigenvalue weighted by Gasteiger charge is -2.03. The first kappa shape index (κ1) is 11.3. The third-order valence-corrected chi connectivity index (χ3v) is 1.91. The zero-order chi connectivity index (χ0) is 11.3. The van der Waals surface area contributed by atoms with E-state index in [9.17, 15) is 0 Å². The summed E-state index contributed by atoms with van der Waals surface area (Å²) in [7, 11) is 0. The van der Waals surface area contributed by atoms with E-state index < -0.39 is 0 Å². The fourth-order valence-electron chi connectivity index (χ4n) is 1.16. The number of nitrogens with zero attached hydrogens (tertiary/aromatic N) is 1. The molecule has 1 aromatic carbocycles. The summed E-state index contributed by atoms with van der Waals surface area (Å²) in [6.07, 6.45) is 3.32. The van der Waals surface area contributed by atoms with E-state index in [-0.39, 0.29) is 6.04 Å².